The zero-order valence-electron chi connectivity index (χ0n) is 22.7. The summed E-state index contributed by atoms with van der Waals surface area (Å²) >= 11 is 18.8. The first-order chi connectivity index (χ1) is 18.7. The monoisotopic (exact) mass is 587 g/mol. The van der Waals surface area contributed by atoms with Crippen molar-refractivity contribution in [1.29, 1.82) is 0 Å². The second-order valence-corrected chi connectivity index (χ2v) is 12.6. The molecule has 5 nitrogen and oxygen atoms in total. The van der Waals surface area contributed by atoms with E-state index in [1.54, 1.807) is 22.9 Å². The van der Waals surface area contributed by atoms with Gasteiger partial charge in [-0.2, -0.15) is 5.10 Å². The molecule has 2 aliphatic rings. The van der Waals surface area contributed by atoms with Gasteiger partial charge in [0, 0.05) is 27.7 Å². The minimum atomic E-state index is -0.239. The van der Waals surface area contributed by atoms with Crippen molar-refractivity contribution in [3.63, 3.8) is 0 Å². The van der Waals surface area contributed by atoms with Gasteiger partial charge in [-0.25, -0.2) is 4.68 Å². The number of benzene rings is 2. The quantitative estimate of drug-likeness (QED) is 0.269. The van der Waals surface area contributed by atoms with Gasteiger partial charge in [0.1, 0.15) is 0 Å². The summed E-state index contributed by atoms with van der Waals surface area (Å²) in [6.07, 6.45) is 6.61. The van der Waals surface area contributed by atoms with E-state index in [-0.39, 0.29) is 12.0 Å². The van der Waals surface area contributed by atoms with Gasteiger partial charge in [0.15, 0.2) is 5.69 Å². The summed E-state index contributed by atoms with van der Waals surface area (Å²) < 4.78 is 8.17. The lowest BCUT2D eigenvalue weighted by atomic mass is 9.63. The van der Waals surface area contributed by atoms with Gasteiger partial charge in [-0.1, -0.05) is 67.2 Å². The van der Waals surface area contributed by atoms with Crippen LogP contribution >= 0.6 is 34.8 Å². The Morgan fingerprint density at radius 1 is 1.05 bits per heavy atom. The van der Waals surface area contributed by atoms with E-state index in [2.05, 4.69) is 19.2 Å². The van der Waals surface area contributed by atoms with E-state index in [9.17, 15) is 4.79 Å². The maximum atomic E-state index is 13.4. The molecular weight excluding hydrogens is 553 g/mol. The van der Waals surface area contributed by atoms with Crippen LogP contribution in [0.5, 0.6) is 0 Å². The summed E-state index contributed by atoms with van der Waals surface area (Å²) in [5.74, 6) is 2.64. The Hall–Kier alpha value is -2.05. The van der Waals surface area contributed by atoms with E-state index in [1.807, 2.05) is 31.2 Å². The molecule has 1 aromatic heterocycles. The summed E-state index contributed by atoms with van der Waals surface area (Å²) in [7, 11) is 0. The van der Waals surface area contributed by atoms with Crippen LogP contribution in [0.15, 0.2) is 42.5 Å². The van der Waals surface area contributed by atoms with Crippen LogP contribution in [0.2, 0.25) is 15.1 Å². The molecule has 0 radical (unpaired) electrons. The molecule has 2 aliphatic carbocycles. The van der Waals surface area contributed by atoms with Crippen LogP contribution in [0.3, 0.4) is 0 Å². The fourth-order valence-corrected chi connectivity index (χ4v) is 7.43. The molecule has 5 rings (SSSR count). The first-order valence-electron chi connectivity index (χ1n) is 14.0. The normalized spacial score (nSPS) is 24.5. The average Bonchev–Trinajstić information content (AvgIpc) is 3.24. The highest BCUT2D eigenvalue weighted by Crippen LogP contribution is 2.47. The Morgan fingerprint density at radius 2 is 1.79 bits per heavy atom. The van der Waals surface area contributed by atoms with Crippen LogP contribution in [-0.4, -0.2) is 34.9 Å². The lowest BCUT2D eigenvalue weighted by Gasteiger charge is -2.47. The minimum Gasteiger partial charge on any atom is -0.376 e. The molecular formula is C31H36Cl3N3O2. The van der Waals surface area contributed by atoms with Crippen molar-refractivity contribution in [3.8, 4) is 16.9 Å². The maximum Gasteiger partial charge on any atom is 0.272 e. The molecule has 0 spiro atoms. The second-order valence-electron chi connectivity index (χ2n) is 11.3. The molecule has 0 aliphatic heterocycles. The highest BCUT2D eigenvalue weighted by atomic mass is 35.5. The number of nitrogens with zero attached hydrogens (tertiary/aromatic N) is 2. The zero-order chi connectivity index (χ0) is 27.7. The van der Waals surface area contributed by atoms with Gasteiger partial charge in [0.2, 0.25) is 0 Å². The van der Waals surface area contributed by atoms with Crippen LogP contribution in [-0.2, 0) is 4.74 Å². The van der Waals surface area contributed by atoms with Crippen molar-refractivity contribution in [2.75, 3.05) is 13.2 Å². The summed E-state index contributed by atoms with van der Waals surface area (Å²) in [4.78, 5) is 13.4. The third kappa shape index (κ3) is 6.17. The van der Waals surface area contributed by atoms with Crippen LogP contribution in [0.25, 0.3) is 16.9 Å². The molecule has 208 valence electrons. The highest BCUT2D eigenvalue weighted by Gasteiger charge is 2.41. The molecule has 8 heteroatoms. The van der Waals surface area contributed by atoms with Crippen molar-refractivity contribution in [3.05, 3.63) is 68.8 Å². The number of hydrogen-bond acceptors (Lipinski definition) is 3. The fourth-order valence-electron chi connectivity index (χ4n) is 6.81. The van der Waals surface area contributed by atoms with E-state index < -0.39 is 0 Å². The van der Waals surface area contributed by atoms with Crippen molar-refractivity contribution >= 4 is 40.7 Å². The van der Waals surface area contributed by atoms with Crippen molar-refractivity contribution in [1.82, 2.24) is 15.1 Å². The molecule has 39 heavy (non-hydrogen) atoms. The molecule has 5 unspecified atom stereocenters. The van der Waals surface area contributed by atoms with E-state index in [1.165, 1.54) is 25.7 Å². The topological polar surface area (TPSA) is 56.1 Å². The summed E-state index contributed by atoms with van der Waals surface area (Å²) in [5.41, 5.74) is 3.38. The first-order valence-corrected chi connectivity index (χ1v) is 15.1. The van der Waals surface area contributed by atoms with E-state index in [4.69, 9.17) is 44.6 Å². The zero-order valence-corrected chi connectivity index (χ0v) is 25.0. The second kappa shape index (κ2) is 12.2. The summed E-state index contributed by atoms with van der Waals surface area (Å²) in [5, 5.41) is 9.36. The molecule has 2 aromatic carbocycles. The van der Waals surface area contributed by atoms with E-state index >= 15 is 0 Å². The van der Waals surface area contributed by atoms with Gasteiger partial charge >= 0.3 is 0 Å². The van der Waals surface area contributed by atoms with E-state index in [0.29, 0.717) is 51.4 Å². The minimum absolute atomic E-state index is 0.239. The molecule has 2 fully saturated rings. The Kier molecular flexibility index (Phi) is 8.92. The number of carbonyl (C=O) groups is 1. The fraction of sp³-hybridized carbons (Fsp3) is 0.484. The number of carbonyl (C=O) groups excluding carboxylic acids is 1. The first kappa shape index (κ1) is 28.5. The Labute approximate surface area is 246 Å². The number of amides is 1. The van der Waals surface area contributed by atoms with Gasteiger partial charge in [0.25, 0.3) is 5.91 Å². The predicted octanol–water partition coefficient (Wildman–Crippen LogP) is 8.41. The largest absolute Gasteiger partial charge is 0.376 e. The summed E-state index contributed by atoms with van der Waals surface area (Å²) in [6, 6.07) is 12.7. The SMILES string of the molecule is CCC1CC2CC(C)CC(C2)C1OCCNC(=O)c1nn(-c2ccc(Cl)cc2Cl)c(-c2ccc(Cl)cc2)c1C. The molecule has 2 bridgehead atoms. The maximum absolute atomic E-state index is 13.4. The Bertz CT molecular complexity index is 1320. The molecule has 0 saturated heterocycles. The Balaban J connectivity index is 1.32. The van der Waals surface area contributed by atoms with Crippen molar-refractivity contribution in [2.45, 2.75) is 59.0 Å². The molecule has 1 heterocycles. The number of aromatic nitrogens is 2. The molecule has 5 atom stereocenters. The van der Waals surface area contributed by atoms with Crippen LogP contribution in [0, 0.1) is 30.6 Å². The van der Waals surface area contributed by atoms with Gasteiger partial charge in [-0.3, -0.25) is 4.79 Å². The third-order valence-electron chi connectivity index (χ3n) is 8.46. The van der Waals surface area contributed by atoms with E-state index in [0.717, 1.165) is 35.1 Å². The molecule has 1 amide bonds. The highest BCUT2D eigenvalue weighted by molar-refractivity contribution is 6.35. The number of fused-ring (bicyclic) bond motifs is 2. The van der Waals surface area contributed by atoms with Gasteiger partial charge in [0.05, 0.1) is 29.1 Å². The predicted molar refractivity (Wildman–Crippen MR) is 159 cm³/mol. The van der Waals surface area contributed by atoms with Crippen LogP contribution < -0.4 is 5.32 Å². The number of rotatable bonds is 8. The van der Waals surface area contributed by atoms with Gasteiger partial charge < -0.3 is 10.1 Å². The third-order valence-corrected chi connectivity index (χ3v) is 9.25. The molecule has 3 aromatic rings. The van der Waals surface area contributed by atoms with Crippen molar-refractivity contribution in [2.24, 2.45) is 23.7 Å². The van der Waals surface area contributed by atoms with Gasteiger partial charge in [-0.05, 0) is 86.6 Å². The Morgan fingerprint density at radius 3 is 2.51 bits per heavy atom. The number of nitrogens with one attached hydrogen (secondary N) is 1. The standard InChI is InChI=1S/C31H36Cl3N3O2/c1-4-21-15-20-13-18(2)14-23(16-20)30(21)39-12-11-35-31(38)28-19(3)29(22-5-7-24(32)8-6-22)37(36-28)27-10-9-25(33)17-26(27)34/h5-10,17-18,20-21,23,30H,4,11-16H2,1-3H3,(H,35,38). The van der Waals surface area contributed by atoms with Gasteiger partial charge in [-0.15, -0.1) is 0 Å². The number of halogens is 3. The smallest absolute Gasteiger partial charge is 0.272 e. The van der Waals surface area contributed by atoms with Crippen LogP contribution in [0.1, 0.15) is 62.0 Å². The van der Waals surface area contributed by atoms with Crippen LogP contribution in [0.4, 0.5) is 0 Å². The number of hydrogen-bond donors (Lipinski definition) is 1. The number of ether oxygens (including phenoxy) is 1. The lowest BCUT2D eigenvalue weighted by molar-refractivity contribution is -0.0837. The van der Waals surface area contributed by atoms with Crippen molar-refractivity contribution < 1.29 is 9.53 Å². The lowest BCUT2D eigenvalue weighted by Crippen LogP contribution is -2.44. The molecule has 1 N–H and O–H groups in total. The molecule has 2 saturated carbocycles. The summed E-state index contributed by atoms with van der Waals surface area (Å²) in [6.45, 7) is 7.48. The average molecular weight is 589 g/mol.